The third-order valence-electron chi connectivity index (χ3n) is 3.16. The van der Waals surface area contributed by atoms with Crippen molar-refractivity contribution in [1.29, 1.82) is 0 Å². The van der Waals surface area contributed by atoms with Crippen molar-refractivity contribution in [1.82, 2.24) is 10.3 Å². The van der Waals surface area contributed by atoms with E-state index in [1.807, 2.05) is 0 Å². The molecule has 1 amide bonds. The number of carboxylic acid groups (broad SMARTS) is 1. The van der Waals surface area contributed by atoms with Crippen LogP contribution in [0.2, 0.25) is 0 Å². The van der Waals surface area contributed by atoms with Gasteiger partial charge in [-0.15, -0.1) is 11.3 Å². The number of carbonyl (C=O) groups is 2. The summed E-state index contributed by atoms with van der Waals surface area (Å²) in [6.45, 7) is 0.394. The fraction of sp³-hybridized carbons (Fsp3) is 0.312. The number of amides is 1. The van der Waals surface area contributed by atoms with Crippen LogP contribution in [0.15, 0.2) is 29.6 Å². The highest BCUT2D eigenvalue weighted by molar-refractivity contribution is 7.09. The lowest BCUT2D eigenvalue weighted by Gasteiger charge is -2.07. The Morgan fingerprint density at radius 3 is 2.50 bits per heavy atom. The summed E-state index contributed by atoms with van der Waals surface area (Å²) in [6.07, 6.45) is -4.15. The fourth-order valence-corrected chi connectivity index (χ4v) is 2.57. The number of halogens is 3. The average molecular weight is 388 g/mol. The van der Waals surface area contributed by atoms with Crippen LogP contribution in [0.25, 0.3) is 0 Å². The van der Waals surface area contributed by atoms with Gasteiger partial charge < -0.3 is 15.2 Å². The first-order chi connectivity index (χ1) is 12.3. The van der Waals surface area contributed by atoms with Gasteiger partial charge in [-0.05, 0) is 24.1 Å². The van der Waals surface area contributed by atoms with Gasteiger partial charge in [-0.2, -0.15) is 13.2 Å². The summed E-state index contributed by atoms with van der Waals surface area (Å²) in [5, 5.41) is 11.0. The molecule has 0 saturated carbocycles. The maximum atomic E-state index is 12.5. The Hall–Kier alpha value is -2.62. The maximum absolute atomic E-state index is 12.5. The van der Waals surface area contributed by atoms with Crippen LogP contribution < -0.4 is 10.1 Å². The second kappa shape index (κ2) is 8.65. The number of aromatic nitrogens is 1. The topological polar surface area (TPSA) is 88.5 Å². The van der Waals surface area contributed by atoms with Crippen molar-refractivity contribution >= 4 is 23.2 Å². The Bertz CT molecular complexity index is 760. The third kappa shape index (κ3) is 6.03. The molecular formula is C16H15F3N2O4S. The number of aliphatic carboxylic acids is 1. The van der Waals surface area contributed by atoms with Crippen LogP contribution in [0.1, 0.15) is 33.9 Å². The fourth-order valence-electron chi connectivity index (χ4n) is 1.90. The summed E-state index contributed by atoms with van der Waals surface area (Å²) in [6, 6.07) is 6.70. The van der Waals surface area contributed by atoms with Crippen LogP contribution >= 0.6 is 11.3 Å². The lowest BCUT2D eigenvalue weighted by molar-refractivity contribution is -0.138. The molecule has 1 heterocycles. The molecule has 140 valence electrons. The Kier molecular flexibility index (Phi) is 6.56. The minimum atomic E-state index is -4.57. The molecule has 1 aromatic heterocycles. The zero-order valence-electron chi connectivity index (χ0n) is 13.4. The van der Waals surface area contributed by atoms with Gasteiger partial charge in [0.05, 0.1) is 6.61 Å². The first kappa shape index (κ1) is 19.7. The Balaban J connectivity index is 1.81. The molecule has 0 unspecified atom stereocenters. The van der Waals surface area contributed by atoms with Crippen LogP contribution in [0, 0.1) is 0 Å². The van der Waals surface area contributed by atoms with E-state index in [4.69, 9.17) is 9.84 Å². The number of hydrogen-bond donors (Lipinski definition) is 2. The van der Waals surface area contributed by atoms with E-state index >= 15 is 0 Å². The molecule has 10 heteroatoms. The van der Waals surface area contributed by atoms with Crippen LogP contribution in [-0.2, 0) is 17.5 Å². The number of rotatable bonds is 8. The average Bonchev–Trinajstić information content (AvgIpc) is 3.08. The van der Waals surface area contributed by atoms with E-state index in [9.17, 15) is 22.8 Å². The van der Waals surface area contributed by atoms with E-state index in [2.05, 4.69) is 10.3 Å². The normalized spacial score (nSPS) is 11.2. The molecule has 0 saturated heterocycles. The van der Waals surface area contributed by atoms with Crippen molar-refractivity contribution in [2.75, 3.05) is 6.61 Å². The van der Waals surface area contributed by atoms with E-state index in [1.54, 1.807) is 24.3 Å². The van der Waals surface area contributed by atoms with Crippen LogP contribution in [0.4, 0.5) is 13.2 Å². The van der Waals surface area contributed by atoms with Gasteiger partial charge in [0.25, 0.3) is 5.91 Å². The molecule has 0 aliphatic carbocycles. The summed E-state index contributed by atoms with van der Waals surface area (Å²) in [5.41, 5.74) is 0.447. The van der Waals surface area contributed by atoms with Crippen molar-refractivity contribution < 1.29 is 32.6 Å². The number of nitrogens with zero attached hydrogens (tertiary/aromatic N) is 1. The van der Waals surface area contributed by atoms with Crippen LogP contribution in [-0.4, -0.2) is 28.6 Å². The minimum Gasteiger partial charge on any atom is -0.494 e. The van der Waals surface area contributed by atoms with Gasteiger partial charge in [-0.25, -0.2) is 4.98 Å². The van der Waals surface area contributed by atoms with Crippen molar-refractivity contribution in [3.05, 3.63) is 45.9 Å². The van der Waals surface area contributed by atoms with Crippen molar-refractivity contribution in [2.24, 2.45) is 0 Å². The van der Waals surface area contributed by atoms with E-state index in [1.165, 1.54) is 0 Å². The van der Waals surface area contributed by atoms with E-state index < -0.39 is 23.1 Å². The molecule has 26 heavy (non-hydrogen) atoms. The molecule has 0 spiro atoms. The Morgan fingerprint density at radius 2 is 1.92 bits per heavy atom. The summed E-state index contributed by atoms with van der Waals surface area (Å²) in [5.74, 6) is -1.02. The molecule has 0 radical (unpaired) electrons. The maximum Gasteiger partial charge on any atom is 0.443 e. The van der Waals surface area contributed by atoms with Gasteiger partial charge in [0.1, 0.15) is 11.4 Å². The lowest BCUT2D eigenvalue weighted by Crippen LogP contribution is -2.23. The second-order valence-corrected chi connectivity index (χ2v) is 6.07. The van der Waals surface area contributed by atoms with E-state index in [0.717, 1.165) is 10.9 Å². The predicted octanol–water partition coefficient (Wildman–Crippen LogP) is 3.34. The molecule has 0 aliphatic rings. The standard InChI is InChI=1S/C16H15F3N2O4S/c17-16(18,19)15-21-12(9-26-15)14(24)20-8-10-3-5-11(6-4-10)25-7-1-2-13(22)23/h3-6,9H,1-2,7-8H2,(H,20,24)(H,22,23). The van der Waals surface area contributed by atoms with Crippen molar-refractivity contribution in [3.8, 4) is 5.75 Å². The molecule has 0 bridgehead atoms. The monoisotopic (exact) mass is 388 g/mol. The number of nitrogens with one attached hydrogen (secondary N) is 1. The number of hydrogen-bond acceptors (Lipinski definition) is 5. The van der Waals surface area contributed by atoms with E-state index in [-0.39, 0.29) is 25.3 Å². The predicted molar refractivity (Wildman–Crippen MR) is 87.1 cm³/mol. The number of thiazole rings is 1. The molecule has 0 atom stereocenters. The number of carbonyl (C=O) groups excluding carboxylic acids is 1. The molecule has 2 N–H and O–H groups in total. The molecule has 2 aromatic rings. The summed E-state index contributed by atoms with van der Waals surface area (Å²) >= 11 is 0.369. The van der Waals surface area contributed by atoms with Gasteiger partial charge in [-0.3, -0.25) is 9.59 Å². The van der Waals surface area contributed by atoms with Gasteiger partial charge in [0, 0.05) is 18.3 Å². The van der Waals surface area contributed by atoms with Crippen LogP contribution in [0.5, 0.6) is 5.75 Å². The SMILES string of the molecule is O=C(O)CCCOc1ccc(CNC(=O)c2csc(C(F)(F)F)n2)cc1. The number of alkyl halides is 3. The van der Waals surface area contributed by atoms with Crippen molar-refractivity contribution in [2.45, 2.75) is 25.6 Å². The van der Waals surface area contributed by atoms with Crippen LogP contribution in [0.3, 0.4) is 0 Å². The minimum absolute atomic E-state index is 0.0246. The third-order valence-corrected chi connectivity index (χ3v) is 4.05. The van der Waals surface area contributed by atoms with Gasteiger partial charge in [-0.1, -0.05) is 12.1 Å². The lowest BCUT2D eigenvalue weighted by atomic mass is 10.2. The summed E-state index contributed by atoms with van der Waals surface area (Å²) in [4.78, 5) is 25.5. The molecular weight excluding hydrogens is 373 g/mol. The first-order valence-electron chi connectivity index (χ1n) is 7.50. The molecule has 2 rings (SSSR count). The molecule has 0 fully saturated rings. The molecule has 6 nitrogen and oxygen atoms in total. The van der Waals surface area contributed by atoms with E-state index in [0.29, 0.717) is 23.5 Å². The zero-order chi connectivity index (χ0) is 19.2. The first-order valence-corrected chi connectivity index (χ1v) is 8.38. The largest absolute Gasteiger partial charge is 0.494 e. The number of benzene rings is 1. The highest BCUT2D eigenvalue weighted by Gasteiger charge is 2.35. The van der Waals surface area contributed by atoms with Gasteiger partial charge >= 0.3 is 12.1 Å². The number of carboxylic acids is 1. The molecule has 0 aliphatic heterocycles. The smallest absolute Gasteiger partial charge is 0.443 e. The summed E-state index contributed by atoms with van der Waals surface area (Å²) < 4.78 is 42.8. The zero-order valence-corrected chi connectivity index (χ0v) is 14.2. The highest BCUT2D eigenvalue weighted by Crippen LogP contribution is 2.31. The Morgan fingerprint density at radius 1 is 1.23 bits per heavy atom. The summed E-state index contributed by atoms with van der Waals surface area (Å²) in [7, 11) is 0. The van der Waals surface area contributed by atoms with Gasteiger partial charge in [0.15, 0.2) is 5.01 Å². The number of ether oxygens (including phenoxy) is 1. The second-order valence-electron chi connectivity index (χ2n) is 5.21. The van der Waals surface area contributed by atoms with Crippen molar-refractivity contribution in [3.63, 3.8) is 0 Å². The quantitative estimate of drug-likeness (QED) is 0.677. The van der Waals surface area contributed by atoms with Gasteiger partial charge in [0.2, 0.25) is 0 Å². The highest BCUT2D eigenvalue weighted by atomic mass is 32.1. The Labute approximate surface area is 150 Å². The molecule has 1 aromatic carbocycles.